The van der Waals surface area contributed by atoms with Gasteiger partial charge in [-0.3, -0.25) is 19.4 Å². The Morgan fingerprint density at radius 2 is 1.94 bits per heavy atom. The molecule has 3 N–H and O–H groups in total. The molecular weight excluding hydrogens is 423 g/mol. The lowest BCUT2D eigenvalue weighted by atomic mass is 9.97. The van der Waals surface area contributed by atoms with Gasteiger partial charge in [0.15, 0.2) is 0 Å². The molecule has 0 amide bonds. The normalized spacial score (nSPS) is 14.7. The van der Waals surface area contributed by atoms with Crippen LogP contribution in [0.25, 0.3) is 5.70 Å². The summed E-state index contributed by atoms with van der Waals surface area (Å²) in [7, 11) is 0. The summed E-state index contributed by atoms with van der Waals surface area (Å²) in [6, 6.07) is 7.96. The second kappa shape index (κ2) is 9.99. The second-order valence-electron chi connectivity index (χ2n) is 8.11. The molecule has 0 atom stereocenters. The maximum atomic E-state index is 13.1. The van der Waals surface area contributed by atoms with E-state index in [0.29, 0.717) is 37.7 Å². The summed E-state index contributed by atoms with van der Waals surface area (Å²) < 4.78 is 14.6. The van der Waals surface area contributed by atoms with Crippen molar-refractivity contribution in [1.29, 1.82) is 0 Å². The van der Waals surface area contributed by atoms with Gasteiger partial charge in [-0.1, -0.05) is 32.6 Å². The van der Waals surface area contributed by atoms with E-state index in [1.807, 2.05) is 33.8 Å². The van der Waals surface area contributed by atoms with E-state index in [9.17, 15) is 14.3 Å². The topological polar surface area (TPSA) is 99.1 Å². The Balaban J connectivity index is 0.00000149. The van der Waals surface area contributed by atoms with Crippen molar-refractivity contribution in [2.75, 3.05) is 6.54 Å². The van der Waals surface area contributed by atoms with Gasteiger partial charge in [0.25, 0.3) is 5.56 Å². The molecule has 3 aromatic rings. The second-order valence-corrected chi connectivity index (χ2v) is 8.11. The average Bonchev–Trinajstić information content (AvgIpc) is 3.32. The fraction of sp³-hybridized carbons (Fsp3) is 0.375. The van der Waals surface area contributed by atoms with Gasteiger partial charge >= 0.3 is 0 Å². The Bertz CT molecular complexity index is 1150. The van der Waals surface area contributed by atoms with Gasteiger partial charge in [0.2, 0.25) is 5.75 Å². The lowest BCUT2D eigenvalue weighted by Gasteiger charge is -2.43. The highest BCUT2D eigenvalue weighted by Gasteiger charge is 2.38. The zero-order valence-corrected chi connectivity index (χ0v) is 19.5. The summed E-state index contributed by atoms with van der Waals surface area (Å²) in [5.41, 5.74) is 1.19. The van der Waals surface area contributed by atoms with Crippen LogP contribution in [0.4, 0.5) is 4.39 Å². The third-order valence-electron chi connectivity index (χ3n) is 5.70. The van der Waals surface area contributed by atoms with Crippen LogP contribution in [0.2, 0.25) is 0 Å². The Hall–Kier alpha value is -3.46. The largest absolute Gasteiger partial charge is 0.501 e. The van der Waals surface area contributed by atoms with Crippen LogP contribution < -0.4 is 10.9 Å². The Labute approximate surface area is 192 Å². The monoisotopic (exact) mass is 454 g/mol. The minimum absolute atomic E-state index is 0.120. The van der Waals surface area contributed by atoms with E-state index in [0.717, 1.165) is 11.3 Å². The van der Waals surface area contributed by atoms with E-state index in [-0.39, 0.29) is 11.5 Å². The summed E-state index contributed by atoms with van der Waals surface area (Å²) in [6.07, 6.45) is 1.70. The van der Waals surface area contributed by atoms with Gasteiger partial charge in [0.05, 0.1) is 11.2 Å². The van der Waals surface area contributed by atoms with E-state index in [1.54, 1.807) is 18.3 Å². The zero-order chi connectivity index (χ0) is 24.2. The number of rotatable bonds is 6. The molecule has 1 aromatic carbocycles. The number of H-pyrrole nitrogens is 1. The summed E-state index contributed by atoms with van der Waals surface area (Å²) in [5.74, 6) is -0.189. The van der Waals surface area contributed by atoms with E-state index < -0.39 is 16.8 Å². The van der Waals surface area contributed by atoms with Crippen LogP contribution >= 0.6 is 0 Å². The first-order chi connectivity index (χ1) is 15.8. The van der Waals surface area contributed by atoms with Crippen LogP contribution in [0.5, 0.6) is 5.75 Å². The van der Waals surface area contributed by atoms with Gasteiger partial charge in [-0.05, 0) is 37.6 Å². The summed E-state index contributed by atoms with van der Waals surface area (Å²) >= 11 is 0. The molecule has 1 aliphatic rings. The molecule has 4 rings (SSSR count). The standard InChI is InChI=1S/C22H25FN6O2.C2H6/c1-14(24-12-15-4-6-16(23)7-5-15)18-19(30)20(31)29-11-10-28(13-17-8-9-25-27-17)22(2,3)21(29)26-18;1-2/h4-9,24,30H,1,10-13H2,2-3H3,(H,25,27);1-2H3. The summed E-state index contributed by atoms with van der Waals surface area (Å²) in [4.78, 5) is 19.8. The minimum atomic E-state index is -0.567. The van der Waals surface area contributed by atoms with Gasteiger partial charge in [0.1, 0.15) is 17.3 Å². The first-order valence-corrected chi connectivity index (χ1v) is 11.0. The molecule has 0 saturated heterocycles. The number of fused-ring (bicyclic) bond motifs is 1. The molecule has 0 radical (unpaired) electrons. The van der Waals surface area contributed by atoms with Crippen LogP contribution in [0.1, 0.15) is 50.5 Å². The van der Waals surface area contributed by atoms with Crippen molar-refractivity contribution < 1.29 is 9.50 Å². The van der Waals surface area contributed by atoms with E-state index >= 15 is 0 Å². The maximum Gasteiger partial charge on any atom is 0.296 e. The molecule has 33 heavy (non-hydrogen) atoms. The zero-order valence-electron chi connectivity index (χ0n) is 19.5. The van der Waals surface area contributed by atoms with Crippen molar-refractivity contribution in [3.8, 4) is 5.75 Å². The van der Waals surface area contributed by atoms with Crippen molar-refractivity contribution in [3.05, 3.63) is 82.1 Å². The molecular formula is C24H31FN6O2. The smallest absolute Gasteiger partial charge is 0.296 e. The van der Waals surface area contributed by atoms with Crippen molar-refractivity contribution in [1.82, 2.24) is 30.0 Å². The van der Waals surface area contributed by atoms with Crippen LogP contribution in [-0.2, 0) is 25.2 Å². The van der Waals surface area contributed by atoms with Crippen molar-refractivity contribution in [2.24, 2.45) is 0 Å². The lowest BCUT2D eigenvalue weighted by Crippen LogP contribution is -2.52. The van der Waals surface area contributed by atoms with E-state index in [2.05, 4.69) is 32.0 Å². The number of hydrogen-bond donors (Lipinski definition) is 3. The summed E-state index contributed by atoms with van der Waals surface area (Å²) in [5, 5.41) is 20.6. The molecule has 8 nitrogen and oxygen atoms in total. The van der Waals surface area contributed by atoms with Gasteiger partial charge in [-0.25, -0.2) is 9.37 Å². The predicted octanol–water partition coefficient (Wildman–Crippen LogP) is 3.35. The Kier molecular flexibility index (Phi) is 7.33. The van der Waals surface area contributed by atoms with Crippen molar-refractivity contribution in [2.45, 2.75) is 52.9 Å². The van der Waals surface area contributed by atoms with Crippen molar-refractivity contribution >= 4 is 5.70 Å². The molecule has 3 heterocycles. The molecule has 9 heteroatoms. The number of nitrogens with one attached hydrogen (secondary N) is 2. The molecule has 0 aliphatic carbocycles. The van der Waals surface area contributed by atoms with E-state index in [1.165, 1.54) is 16.7 Å². The fourth-order valence-electron chi connectivity index (χ4n) is 3.82. The molecule has 0 spiro atoms. The highest BCUT2D eigenvalue weighted by atomic mass is 19.1. The number of aromatic amines is 1. The number of nitrogens with zero attached hydrogens (tertiary/aromatic N) is 4. The van der Waals surface area contributed by atoms with E-state index in [4.69, 9.17) is 0 Å². The van der Waals surface area contributed by atoms with Crippen LogP contribution in [0, 0.1) is 5.82 Å². The highest BCUT2D eigenvalue weighted by molar-refractivity contribution is 5.63. The highest BCUT2D eigenvalue weighted by Crippen LogP contribution is 2.32. The van der Waals surface area contributed by atoms with Gasteiger partial charge < -0.3 is 10.4 Å². The molecule has 0 fully saturated rings. The van der Waals surface area contributed by atoms with Crippen LogP contribution in [0.3, 0.4) is 0 Å². The average molecular weight is 455 g/mol. The number of hydrogen-bond acceptors (Lipinski definition) is 6. The Morgan fingerprint density at radius 3 is 2.58 bits per heavy atom. The first kappa shape index (κ1) is 24.2. The van der Waals surface area contributed by atoms with Crippen LogP contribution in [0.15, 0.2) is 47.9 Å². The van der Waals surface area contributed by atoms with Gasteiger partial charge in [0, 0.05) is 38.1 Å². The Morgan fingerprint density at radius 1 is 1.24 bits per heavy atom. The minimum Gasteiger partial charge on any atom is -0.501 e. The summed E-state index contributed by atoms with van der Waals surface area (Å²) in [6.45, 7) is 14.0. The predicted molar refractivity (Wildman–Crippen MR) is 126 cm³/mol. The first-order valence-electron chi connectivity index (χ1n) is 11.0. The third-order valence-corrected chi connectivity index (χ3v) is 5.70. The maximum absolute atomic E-state index is 13.1. The fourth-order valence-corrected chi connectivity index (χ4v) is 3.82. The number of benzene rings is 1. The lowest BCUT2D eigenvalue weighted by molar-refractivity contribution is 0.0644. The number of aromatic nitrogens is 4. The number of aromatic hydroxyl groups is 1. The van der Waals surface area contributed by atoms with Crippen LogP contribution in [-0.4, -0.2) is 36.3 Å². The molecule has 176 valence electrons. The molecule has 0 saturated carbocycles. The number of halogens is 1. The van der Waals surface area contributed by atoms with Gasteiger partial charge in [-0.15, -0.1) is 0 Å². The molecule has 1 aliphatic heterocycles. The molecule has 2 aromatic heterocycles. The quantitative estimate of drug-likeness (QED) is 0.528. The molecule has 0 bridgehead atoms. The van der Waals surface area contributed by atoms with Gasteiger partial charge in [-0.2, -0.15) is 5.10 Å². The van der Waals surface area contributed by atoms with Crippen molar-refractivity contribution in [3.63, 3.8) is 0 Å². The molecule has 0 unspecified atom stereocenters. The third kappa shape index (κ3) is 4.98. The SMILES string of the molecule is C=C(NCc1ccc(F)cc1)c1nc2n(c(=O)c1O)CCN(Cc1ccn[nH]1)C2(C)C.CC.